The zero-order valence-corrected chi connectivity index (χ0v) is 14.9. The molecule has 0 unspecified atom stereocenters. The molecule has 3 aromatic rings. The van der Waals surface area contributed by atoms with Crippen LogP contribution in [0, 0.1) is 11.6 Å². The molecule has 0 saturated heterocycles. The summed E-state index contributed by atoms with van der Waals surface area (Å²) in [6.45, 7) is 1.97. The maximum atomic E-state index is 13.4. The molecular weight excluding hydrogens is 354 g/mol. The fourth-order valence-corrected chi connectivity index (χ4v) is 3.40. The number of carbonyl (C=O) groups excluding carboxylic acids is 1. The van der Waals surface area contributed by atoms with Crippen LogP contribution >= 0.6 is 11.3 Å². The van der Waals surface area contributed by atoms with Crippen LogP contribution in [-0.4, -0.2) is 12.6 Å². The average Bonchev–Trinajstić information content (AvgIpc) is 3.16. The minimum Gasteiger partial charge on any atom is -0.462 e. The van der Waals surface area contributed by atoms with E-state index < -0.39 is 5.97 Å². The summed E-state index contributed by atoms with van der Waals surface area (Å²) in [4.78, 5) is 13.5. The lowest BCUT2D eigenvalue weighted by molar-refractivity contribution is -0.136. The monoisotopic (exact) mass is 370 g/mol. The van der Waals surface area contributed by atoms with Crippen LogP contribution in [0.1, 0.15) is 22.9 Å². The van der Waals surface area contributed by atoms with Crippen LogP contribution < -0.4 is 0 Å². The van der Waals surface area contributed by atoms with Gasteiger partial charge < -0.3 is 4.74 Å². The molecule has 0 aliphatic rings. The van der Waals surface area contributed by atoms with Crippen LogP contribution in [0.4, 0.5) is 8.78 Å². The van der Waals surface area contributed by atoms with Crippen molar-refractivity contribution in [3.63, 3.8) is 0 Å². The van der Waals surface area contributed by atoms with E-state index in [2.05, 4.69) is 0 Å². The van der Waals surface area contributed by atoms with Crippen LogP contribution in [0.2, 0.25) is 0 Å². The molecule has 0 amide bonds. The molecule has 0 saturated carbocycles. The Bertz CT molecular complexity index is 864. The third-order valence-electron chi connectivity index (χ3n) is 3.76. The van der Waals surface area contributed by atoms with Gasteiger partial charge >= 0.3 is 5.97 Å². The second kappa shape index (κ2) is 8.06. The minimum absolute atomic E-state index is 0.230. The zero-order chi connectivity index (χ0) is 18.5. The highest BCUT2D eigenvalue weighted by atomic mass is 32.1. The minimum atomic E-state index is -0.474. The highest BCUT2D eigenvalue weighted by Crippen LogP contribution is 2.35. The van der Waals surface area contributed by atoms with Gasteiger partial charge in [-0.25, -0.2) is 13.6 Å². The maximum absolute atomic E-state index is 13.4. The molecule has 0 aliphatic heterocycles. The molecule has 0 N–H and O–H groups in total. The molecule has 0 fully saturated rings. The van der Waals surface area contributed by atoms with E-state index in [-0.39, 0.29) is 18.2 Å². The predicted molar refractivity (Wildman–Crippen MR) is 99.7 cm³/mol. The highest BCUT2D eigenvalue weighted by molar-refractivity contribution is 7.11. The Hall–Kier alpha value is -2.79. The summed E-state index contributed by atoms with van der Waals surface area (Å²) < 4.78 is 32.1. The van der Waals surface area contributed by atoms with Crippen molar-refractivity contribution in [2.75, 3.05) is 6.61 Å². The number of ether oxygens (including phenoxy) is 1. The number of rotatable bonds is 5. The molecule has 1 heterocycles. The topological polar surface area (TPSA) is 26.3 Å². The molecule has 3 rings (SSSR count). The molecule has 2 nitrogen and oxygen atoms in total. The Morgan fingerprint density at radius 2 is 1.46 bits per heavy atom. The summed E-state index contributed by atoms with van der Waals surface area (Å²) in [5, 5.41) is 1.86. The van der Waals surface area contributed by atoms with Crippen molar-refractivity contribution in [3.8, 4) is 0 Å². The van der Waals surface area contributed by atoms with Gasteiger partial charge in [0.15, 0.2) is 0 Å². The lowest BCUT2D eigenvalue weighted by Gasteiger charge is -2.15. The van der Waals surface area contributed by atoms with E-state index >= 15 is 0 Å². The van der Waals surface area contributed by atoms with Crippen molar-refractivity contribution < 1.29 is 18.3 Å². The van der Waals surface area contributed by atoms with Gasteiger partial charge in [0.05, 0.1) is 12.2 Å². The summed E-state index contributed by atoms with van der Waals surface area (Å²) in [5.74, 6) is -1.22. The van der Waals surface area contributed by atoms with Crippen molar-refractivity contribution in [1.29, 1.82) is 0 Å². The van der Waals surface area contributed by atoms with Gasteiger partial charge in [-0.05, 0) is 53.8 Å². The largest absolute Gasteiger partial charge is 0.462 e. The van der Waals surface area contributed by atoms with Crippen LogP contribution in [0.3, 0.4) is 0 Å². The number of hydrogen-bond acceptors (Lipinski definition) is 3. The van der Waals surface area contributed by atoms with Gasteiger partial charge in [0.2, 0.25) is 0 Å². The molecule has 132 valence electrons. The summed E-state index contributed by atoms with van der Waals surface area (Å²) in [5.41, 5.74) is 2.25. The Morgan fingerprint density at radius 3 is 1.88 bits per heavy atom. The molecule has 0 spiro atoms. The van der Waals surface area contributed by atoms with E-state index in [0.717, 1.165) is 4.88 Å². The standard InChI is InChI=1S/C21H16F2O2S/c1-2-25-21(24)20(18-4-3-13-26-18)19(14-5-9-16(22)10-6-14)15-7-11-17(23)12-8-15/h3-13H,2H2,1H3. The first-order valence-electron chi connectivity index (χ1n) is 8.07. The van der Waals surface area contributed by atoms with Crippen LogP contribution in [0.5, 0.6) is 0 Å². The first kappa shape index (κ1) is 18.0. The van der Waals surface area contributed by atoms with Crippen molar-refractivity contribution >= 4 is 28.5 Å². The molecule has 5 heteroatoms. The van der Waals surface area contributed by atoms with E-state index in [1.54, 1.807) is 31.2 Å². The summed E-state index contributed by atoms with van der Waals surface area (Å²) in [7, 11) is 0. The molecule has 2 aromatic carbocycles. The highest BCUT2D eigenvalue weighted by Gasteiger charge is 2.22. The Morgan fingerprint density at radius 1 is 0.923 bits per heavy atom. The predicted octanol–water partition coefficient (Wildman–Crippen LogP) is 5.55. The van der Waals surface area contributed by atoms with E-state index in [1.807, 2.05) is 17.5 Å². The summed E-state index contributed by atoms with van der Waals surface area (Å²) >= 11 is 1.40. The number of thiophene rings is 1. The van der Waals surface area contributed by atoms with Crippen molar-refractivity contribution in [1.82, 2.24) is 0 Å². The SMILES string of the molecule is CCOC(=O)C(=C(c1ccc(F)cc1)c1ccc(F)cc1)c1cccs1. The molecule has 1 aromatic heterocycles. The molecule has 0 aliphatic carbocycles. The molecule has 0 atom stereocenters. The van der Waals surface area contributed by atoms with Gasteiger partial charge in [0.25, 0.3) is 0 Å². The van der Waals surface area contributed by atoms with Crippen LogP contribution in [-0.2, 0) is 9.53 Å². The van der Waals surface area contributed by atoms with Crippen molar-refractivity contribution in [3.05, 3.63) is 93.7 Å². The fourth-order valence-electron chi connectivity index (χ4n) is 2.64. The second-order valence-corrected chi connectivity index (χ2v) is 6.41. The van der Waals surface area contributed by atoms with Crippen LogP contribution in [0.25, 0.3) is 11.1 Å². The lowest BCUT2D eigenvalue weighted by atomic mass is 9.92. The Kier molecular flexibility index (Phi) is 5.58. The van der Waals surface area contributed by atoms with E-state index in [0.29, 0.717) is 22.3 Å². The van der Waals surface area contributed by atoms with E-state index in [9.17, 15) is 13.6 Å². The van der Waals surface area contributed by atoms with Gasteiger partial charge in [-0.1, -0.05) is 30.3 Å². The quantitative estimate of drug-likeness (QED) is 0.435. The van der Waals surface area contributed by atoms with Crippen molar-refractivity contribution in [2.24, 2.45) is 0 Å². The van der Waals surface area contributed by atoms with E-state index in [1.165, 1.54) is 35.6 Å². The van der Waals surface area contributed by atoms with Crippen LogP contribution in [0.15, 0.2) is 66.0 Å². The maximum Gasteiger partial charge on any atom is 0.340 e. The van der Waals surface area contributed by atoms with Gasteiger partial charge in [-0.3, -0.25) is 0 Å². The molecular formula is C21H16F2O2S. The van der Waals surface area contributed by atoms with Gasteiger partial charge in [0, 0.05) is 10.5 Å². The lowest BCUT2D eigenvalue weighted by Crippen LogP contribution is -2.09. The Labute approximate surface area is 154 Å². The summed E-state index contributed by atoms with van der Waals surface area (Å²) in [6.07, 6.45) is 0. The Balaban J connectivity index is 2.30. The van der Waals surface area contributed by atoms with Gasteiger partial charge in [-0.2, -0.15) is 0 Å². The third-order valence-corrected chi connectivity index (χ3v) is 4.65. The third kappa shape index (κ3) is 3.89. The summed E-state index contributed by atoms with van der Waals surface area (Å²) in [6, 6.07) is 15.4. The molecule has 26 heavy (non-hydrogen) atoms. The fraction of sp³-hybridized carbons (Fsp3) is 0.0952. The van der Waals surface area contributed by atoms with Gasteiger partial charge in [-0.15, -0.1) is 11.3 Å². The average molecular weight is 370 g/mol. The number of esters is 1. The number of hydrogen-bond donors (Lipinski definition) is 0. The second-order valence-electron chi connectivity index (χ2n) is 5.46. The first-order chi connectivity index (χ1) is 12.6. The van der Waals surface area contributed by atoms with Gasteiger partial charge in [0.1, 0.15) is 11.6 Å². The smallest absolute Gasteiger partial charge is 0.340 e. The van der Waals surface area contributed by atoms with E-state index in [4.69, 9.17) is 4.74 Å². The zero-order valence-electron chi connectivity index (χ0n) is 14.0. The number of halogens is 2. The van der Waals surface area contributed by atoms with Crippen molar-refractivity contribution in [2.45, 2.75) is 6.92 Å². The first-order valence-corrected chi connectivity index (χ1v) is 8.95. The molecule has 0 radical (unpaired) electrons. The normalized spacial score (nSPS) is 10.4. The number of benzene rings is 2. The number of carbonyl (C=O) groups is 1. The molecule has 0 bridgehead atoms.